The summed E-state index contributed by atoms with van der Waals surface area (Å²) in [5, 5.41) is 29.3. The Morgan fingerprint density at radius 1 is 1.00 bits per heavy atom. The highest BCUT2D eigenvalue weighted by Gasteiger charge is 2.30. The van der Waals surface area contributed by atoms with Crippen LogP contribution < -0.4 is 4.74 Å². The first-order chi connectivity index (χ1) is 9.15. The third-order valence-electron chi connectivity index (χ3n) is 3.41. The van der Waals surface area contributed by atoms with Crippen LogP contribution in [0.3, 0.4) is 0 Å². The molecule has 1 heterocycles. The Morgan fingerprint density at radius 3 is 2.58 bits per heavy atom. The van der Waals surface area contributed by atoms with Gasteiger partial charge in [-0.25, -0.2) is 0 Å². The van der Waals surface area contributed by atoms with Gasteiger partial charge in [-0.3, -0.25) is 0 Å². The van der Waals surface area contributed by atoms with Crippen molar-refractivity contribution in [2.24, 2.45) is 0 Å². The fourth-order valence-electron chi connectivity index (χ4n) is 2.41. The van der Waals surface area contributed by atoms with Crippen molar-refractivity contribution in [3.8, 4) is 17.2 Å². The van der Waals surface area contributed by atoms with E-state index in [2.05, 4.69) is 0 Å². The number of fused-ring (bicyclic) bond motifs is 1. The van der Waals surface area contributed by atoms with Crippen molar-refractivity contribution in [1.82, 2.24) is 0 Å². The highest BCUT2D eigenvalue weighted by Crippen LogP contribution is 2.42. The lowest BCUT2D eigenvalue weighted by Gasteiger charge is -2.30. The summed E-state index contributed by atoms with van der Waals surface area (Å²) in [6.07, 6.45) is -0.717. The SMILES string of the molecule is Oc1cccc(C2COc3cc(O)ccc3C2O)c1. The van der Waals surface area contributed by atoms with Crippen molar-refractivity contribution in [3.05, 3.63) is 53.6 Å². The molecule has 0 aliphatic carbocycles. The lowest BCUT2D eigenvalue weighted by molar-refractivity contribution is 0.0887. The zero-order chi connectivity index (χ0) is 13.4. The van der Waals surface area contributed by atoms with Gasteiger partial charge in [0.15, 0.2) is 0 Å². The van der Waals surface area contributed by atoms with E-state index in [1.807, 2.05) is 6.07 Å². The summed E-state index contributed by atoms with van der Waals surface area (Å²) < 4.78 is 5.58. The van der Waals surface area contributed by atoms with E-state index in [0.717, 1.165) is 5.56 Å². The maximum absolute atomic E-state index is 10.4. The second-order valence-corrected chi connectivity index (χ2v) is 4.68. The molecule has 0 amide bonds. The van der Waals surface area contributed by atoms with E-state index in [9.17, 15) is 15.3 Å². The molecule has 2 aromatic carbocycles. The van der Waals surface area contributed by atoms with E-state index in [1.54, 1.807) is 24.3 Å². The van der Waals surface area contributed by atoms with Crippen LogP contribution in [0, 0.1) is 0 Å². The van der Waals surface area contributed by atoms with Crippen molar-refractivity contribution < 1.29 is 20.1 Å². The van der Waals surface area contributed by atoms with Crippen LogP contribution in [0.25, 0.3) is 0 Å². The molecule has 0 bridgehead atoms. The average molecular weight is 258 g/mol. The van der Waals surface area contributed by atoms with E-state index in [-0.39, 0.29) is 17.4 Å². The number of aromatic hydroxyl groups is 2. The van der Waals surface area contributed by atoms with Gasteiger partial charge in [-0.2, -0.15) is 0 Å². The van der Waals surface area contributed by atoms with Gasteiger partial charge in [-0.1, -0.05) is 12.1 Å². The number of phenolic OH excluding ortho intramolecular Hbond substituents is 2. The predicted molar refractivity (Wildman–Crippen MR) is 69.4 cm³/mol. The highest BCUT2D eigenvalue weighted by atomic mass is 16.5. The molecule has 0 aromatic heterocycles. The Labute approximate surface area is 110 Å². The highest BCUT2D eigenvalue weighted by molar-refractivity contribution is 5.45. The van der Waals surface area contributed by atoms with Crippen molar-refractivity contribution >= 4 is 0 Å². The second kappa shape index (κ2) is 4.48. The Balaban J connectivity index is 1.97. The molecule has 3 N–H and O–H groups in total. The van der Waals surface area contributed by atoms with E-state index < -0.39 is 6.10 Å². The fourth-order valence-corrected chi connectivity index (χ4v) is 2.41. The van der Waals surface area contributed by atoms with Gasteiger partial charge in [0.2, 0.25) is 0 Å². The molecule has 0 radical (unpaired) electrons. The summed E-state index contributed by atoms with van der Waals surface area (Å²) in [6.45, 7) is 0.307. The summed E-state index contributed by atoms with van der Waals surface area (Å²) in [5.74, 6) is 0.552. The first kappa shape index (κ1) is 11.9. The molecule has 4 nitrogen and oxygen atoms in total. The van der Waals surface area contributed by atoms with Gasteiger partial charge in [-0.15, -0.1) is 0 Å². The molecule has 2 unspecified atom stereocenters. The molecule has 98 valence electrons. The quantitative estimate of drug-likeness (QED) is 0.734. The van der Waals surface area contributed by atoms with Crippen LogP contribution in [0.2, 0.25) is 0 Å². The molecular formula is C15H14O4. The number of benzene rings is 2. The van der Waals surface area contributed by atoms with Crippen molar-refractivity contribution in [3.63, 3.8) is 0 Å². The van der Waals surface area contributed by atoms with E-state index in [1.165, 1.54) is 12.1 Å². The average Bonchev–Trinajstić information content (AvgIpc) is 2.39. The molecule has 0 fully saturated rings. The number of ether oxygens (including phenoxy) is 1. The normalized spacial score (nSPS) is 21.5. The molecule has 1 aliphatic heterocycles. The first-order valence-corrected chi connectivity index (χ1v) is 6.08. The van der Waals surface area contributed by atoms with Crippen LogP contribution in [0.1, 0.15) is 23.1 Å². The van der Waals surface area contributed by atoms with Gasteiger partial charge in [0.1, 0.15) is 17.2 Å². The molecule has 4 heteroatoms. The molecule has 19 heavy (non-hydrogen) atoms. The molecule has 0 saturated heterocycles. The minimum Gasteiger partial charge on any atom is -0.508 e. The maximum Gasteiger partial charge on any atom is 0.128 e. The van der Waals surface area contributed by atoms with Gasteiger partial charge >= 0.3 is 0 Å². The number of phenols is 2. The van der Waals surface area contributed by atoms with Crippen molar-refractivity contribution in [2.45, 2.75) is 12.0 Å². The van der Waals surface area contributed by atoms with Crippen LogP contribution in [-0.4, -0.2) is 21.9 Å². The predicted octanol–water partition coefficient (Wildman–Crippen LogP) is 2.31. The van der Waals surface area contributed by atoms with E-state index >= 15 is 0 Å². The topological polar surface area (TPSA) is 69.9 Å². The Kier molecular flexibility index (Phi) is 2.80. The number of rotatable bonds is 1. The minimum absolute atomic E-state index is 0.113. The maximum atomic E-state index is 10.4. The lowest BCUT2D eigenvalue weighted by Crippen LogP contribution is -2.24. The smallest absolute Gasteiger partial charge is 0.128 e. The van der Waals surface area contributed by atoms with Crippen LogP contribution in [0.4, 0.5) is 0 Å². The summed E-state index contributed by atoms with van der Waals surface area (Å²) in [6, 6.07) is 11.5. The minimum atomic E-state index is -0.717. The summed E-state index contributed by atoms with van der Waals surface area (Å²) >= 11 is 0. The molecular weight excluding hydrogens is 244 g/mol. The molecule has 1 aliphatic rings. The molecule has 0 saturated carbocycles. The zero-order valence-electron chi connectivity index (χ0n) is 10.2. The van der Waals surface area contributed by atoms with E-state index in [0.29, 0.717) is 17.9 Å². The Bertz CT molecular complexity index is 609. The van der Waals surface area contributed by atoms with Gasteiger partial charge in [0, 0.05) is 17.5 Å². The van der Waals surface area contributed by atoms with Crippen LogP contribution in [0.15, 0.2) is 42.5 Å². The van der Waals surface area contributed by atoms with Gasteiger partial charge in [-0.05, 0) is 29.8 Å². The van der Waals surface area contributed by atoms with Crippen LogP contribution >= 0.6 is 0 Å². The monoisotopic (exact) mass is 258 g/mol. The zero-order valence-corrected chi connectivity index (χ0v) is 10.2. The van der Waals surface area contributed by atoms with Crippen molar-refractivity contribution in [1.29, 1.82) is 0 Å². The standard InChI is InChI=1S/C15H14O4/c16-10-3-1-2-9(6-10)13-8-19-14-7-11(17)4-5-12(14)15(13)18/h1-7,13,15-18H,8H2. The fraction of sp³-hybridized carbons (Fsp3) is 0.200. The van der Waals surface area contributed by atoms with E-state index in [4.69, 9.17) is 4.74 Å². The summed E-state index contributed by atoms with van der Waals surface area (Å²) in [7, 11) is 0. The number of aliphatic hydroxyl groups is 1. The third-order valence-corrected chi connectivity index (χ3v) is 3.41. The first-order valence-electron chi connectivity index (χ1n) is 6.08. The molecule has 3 rings (SSSR count). The third kappa shape index (κ3) is 2.11. The van der Waals surface area contributed by atoms with Gasteiger partial charge in [0.05, 0.1) is 12.7 Å². The molecule has 0 spiro atoms. The van der Waals surface area contributed by atoms with Crippen LogP contribution in [-0.2, 0) is 0 Å². The van der Waals surface area contributed by atoms with Crippen molar-refractivity contribution in [2.75, 3.05) is 6.61 Å². The molecule has 2 atom stereocenters. The largest absolute Gasteiger partial charge is 0.508 e. The summed E-state index contributed by atoms with van der Waals surface area (Å²) in [5.41, 5.74) is 1.48. The molecule has 2 aromatic rings. The van der Waals surface area contributed by atoms with Crippen LogP contribution in [0.5, 0.6) is 17.2 Å². The number of hydrogen-bond acceptors (Lipinski definition) is 4. The summed E-state index contributed by atoms with van der Waals surface area (Å²) in [4.78, 5) is 0. The Hall–Kier alpha value is -2.20. The number of hydrogen-bond donors (Lipinski definition) is 3. The van der Waals surface area contributed by atoms with Gasteiger partial charge < -0.3 is 20.1 Å². The second-order valence-electron chi connectivity index (χ2n) is 4.68. The lowest BCUT2D eigenvalue weighted by atomic mass is 9.87. The Morgan fingerprint density at radius 2 is 1.79 bits per heavy atom. The number of aliphatic hydroxyl groups excluding tert-OH is 1. The van der Waals surface area contributed by atoms with Gasteiger partial charge in [0.25, 0.3) is 0 Å².